The predicted octanol–water partition coefficient (Wildman–Crippen LogP) is 3.06. The molecule has 10 heteroatoms. The molecular weight excluding hydrogens is 620 g/mol. The van der Waals surface area contributed by atoms with Crippen LogP contribution in [-0.4, -0.2) is 57.5 Å². The van der Waals surface area contributed by atoms with Crippen molar-refractivity contribution in [1.82, 2.24) is 20.3 Å². The quantitative estimate of drug-likeness (QED) is 0.141. The Bertz CT molecular complexity index is 2190. The lowest BCUT2D eigenvalue weighted by Crippen LogP contribution is -2.38. The highest BCUT2D eigenvalue weighted by Crippen LogP contribution is 2.42. The van der Waals surface area contributed by atoms with Crippen LogP contribution in [0.3, 0.4) is 0 Å². The summed E-state index contributed by atoms with van der Waals surface area (Å²) in [5, 5.41) is 16.8. The number of ether oxygens (including phenoxy) is 2. The molecule has 1 unspecified atom stereocenters. The minimum absolute atomic E-state index is 0.0772. The van der Waals surface area contributed by atoms with Gasteiger partial charge < -0.3 is 34.8 Å². The number of methoxy groups -OCH3 is 1. The Morgan fingerprint density at radius 3 is 2.47 bits per heavy atom. The van der Waals surface area contributed by atoms with Gasteiger partial charge in [-0.2, -0.15) is 0 Å². The van der Waals surface area contributed by atoms with Crippen molar-refractivity contribution in [2.24, 2.45) is 17.8 Å². The van der Waals surface area contributed by atoms with Crippen molar-refractivity contribution in [2.75, 3.05) is 13.7 Å². The molecule has 3 aliphatic rings. The number of aromatic nitrogens is 3. The average Bonchev–Trinajstić information content (AvgIpc) is 3.84. The van der Waals surface area contributed by atoms with E-state index >= 15 is 0 Å². The van der Waals surface area contributed by atoms with Gasteiger partial charge in [0.1, 0.15) is 12.5 Å². The molecule has 0 radical (unpaired) electrons. The third kappa shape index (κ3) is 5.58. The number of esters is 2. The van der Waals surface area contributed by atoms with Gasteiger partial charge in [-0.05, 0) is 80.0 Å². The van der Waals surface area contributed by atoms with Crippen molar-refractivity contribution >= 4 is 53.9 Å². The minimum Gasteiger partial charge on any atom is -0.515 e. The summed E-state index contributed by atoms with van der Waals surface area (Å²) in [5.41, 5.74) is 8.01. The number of carbonyl (C=O) groups excluding carboxylic acids is 3. The summed E-state index contributed by atoms with van der Waals surface area (Å²) in [4.78, 5) is 51.0. The molecule has 256 valence electrons. The molecule has 1 saturated heterocycles. The smallest absolute Gasteiger partial charge is 0.320 e. The Labute approximate surface area is 284 Å². The zero-order valence-corrected chi connectivity index (χ0v) is 28.9. The molecule has 0 aromatic carbocycles. The molecule has 8 bridgehead atoms. The van der Waals surface area contributed by atoms with Gasteiger partial charge in [-0.25, -0.2) is 0 Å². The van der Waals surface area contributed by atoms with Crippen molar-refractivity contribution in [3.63, 3.8) is 0 Å². The number of ketones is 1. The van der Waals surface area contributed by atoms with Crippen molar-refractivity contribution in [3.05, 3.63) is 90.6 Å². The molecule has 5 N–H and O–H groups in total. The first-order valence-corrected chi connectivity index (χ1v) is 16.8. The Balaban J connectivity index is 1.65. The topological polar surface area (TPSA) is 149 Å². The van der Waals surface area contributed by atoms with Crippen molar-refractivity contribution in [1.29, 1.82) is 0 Å². The number of aliphatic hydroxyl groups excluding tert-OH is 1. The van der Waals surface area contributed by atoms with E-state index in [1.165, 1.54) is 7.11 Å². The summed E-state index contributed by atoms with van der Waals surface area (Å²) in [5.74, 6) is -2.62. The molecule has 0 spiro atoms. The van der Waals surface area contributed by atoms with Gasteiger partial charge >= 0.3 is 11.9 Å². The van der Waals surface area contributed by atoms with E-state index in [2.05, 4.69) is 39.8 Å². The molecule has 5 heterocycles. The standard InChI is InChI=1S/C39H44N4O6/c1-8-11-14-49-32(45)13-12-24-20(5)27-15-26-19(4)22(9-2)29(40-26)17-31-25(18-44)23(10-3)30(41-31)16-28-21(6)33-37(43-28)34(36(24)42-27)35(38(33)46)39(47)48-7/h8-9,11,15-18,20,24,35-36,40-44H,2,10,12-14H2,1,3-7H3/b11-8-,25-18-,27-15+,28-16-,31-17-/t20-,24-,35+,36?/m0/s1. The molecule has 1 fully saturated rings. The second-order valence-electron chi connectivity index (χ2n) is 13.0. The fourth-order valence-corrected chi connectivity index (χ4v) is 7.81. The molecule has 1 aliphatic carbocycles. The molecule has 49 heavy (non-hydrogen) atoms. The number of aliphatic hydroxyl groups is 1. The van der Waals surface area contributed by atoms with Crippen LogP contribution in [0, 0.1) is 31.6 Å². The highest BCUT2D eigenvalue weighted by Gasteiger charge is 2.49. The lowest BCUT2D eigenvalue weighted by molar-refractivity contribution is -0.143. The van der Waals surface area contributed by atoms with Crippen LogP contribution in [0.1, 0.15) is 83.3 Å². The molecule has 3 aromatic rings. The highest BCUT2D eigenvalue weighted by atomic mass is 16.5. The number of nitrogens with one attached hydrogen (secondary N) is 4. The van der Waals surface area contributed by atoms with Gasteiger partial charge in [-0.15, -0.1) is 0 Å². The van der Waals surface area contributed by atoms with E-state index in [9.17, 15) is 19.5 Å². The monoisotopic (exact) mass is 664 g/mol. The number of carbonyl (C=O) groups is 3. The molecule has 2 aliphatic heterocycles. The van der Waals surface area contributed by atoms with Gasteiger partial charge in [0, 0.05) is 56.8 Å². The van der Waals surface area contributed by atoms with E-state index in [1.54, 1.807) is 6.08 Å². The lowest BCUT2D eigenvalue weighted by atomic mass is 9.80. The first-order chi connectivity index (χ1) is 23.6. The van der Waals surface area contributed by atoms with Crippen LogP contribution in [0.15, 0.2) is 24.4 Å². The Kier molecular flexibility index (Phi) is 9.16. The maximum Gasteiger partial charge on any atom is 0.320 e. The zero-order chi connectivity index (χ0) is 35.1. The number of hydrogen-bond donors (Lipinski definition) is 5. The summed E-state index contributed by atoms with van der Waals surface area (Å²) in [6.45, 7) is 14.2. The van der Waals surface area contributed by atoms with Gasteiger partial charge in [-0.3, -0.25) is 14.4 Å². The number of Topliss-reactive ketones (excluding diaryl/α,β-unsaturated/α-hetero) is 1. The number of H-pyrrole nitrogens is 3. The van der Waals surface area contributed by atoms with Crippen LogP contribution in [0.2, 0.25) is 0 Å². The fourth-order valence-electron chi connectivity index (χ4n) is 7.81. The summed E-state index contributed by atoms with van der Waals surface area (Å²) in [7, 11) is 1.30. The summed E-state index contributed by atoms with van der Waals surface area (Å²) in [6.07, 6.45) is 13.8. The number of hydrogen-bond acceptors (Lipinski definition) is 7. The highest BCUT2D eigenvalue weighted by molar-refractivity contribution is 6.19. The van der Waals surface area contributed by atoms with E-state index < -0.39 is 17.9 Å². The number of fused-ring (bicyclic) bond motifs is 8. The summed E-state index contributed by atoms with van der Waals surface area (Å²) >= 11 is 0. The van der Waals surface area contributed by atoms with Crippen LogP contribution in [0.25, 0.3) is 36.1 Å². The molecular formula is C39H44N4O6. The van der Waals surface area contributed by atoms with Crippen LogP contribution >= 0.6 is 0 Å². The molecule has 4 atom stereocenters. The van der Waals surface area contributed by atoms with Crippen molar-refractivity contribution < 1.29 is 29.0 Å². The van der Waals surface area contributed by atoms with Crippen molar-refractivity contribution in [2.45, 2.75) is 59.9 Å². The van der Waals surface area contributed by atoms with Gasteiger partial charge in [0.2, 0.25) is 0 Å². The third-order valence-corrected chi connectivity index (χ3v) is 10.5. The van der Waals surface area contributed by atoms with Crippen LogP contribution in [-0.2, 0) is 25.5 Å². The van der Waals surface area contributed by atoms with E-state index in [0.717, 1.165) is 51.1 Å². The minimum atomic E-state index is -1.13. The summed E-state index contributed by atoms with van der Waals surface area (Å²) in [6, 6.07) is -0.461. The van der Waals surface area contributed by atoms with Crippen LogP contribution in [0.4, 0.5) is 0 Å². The lowest BCUT2D eigenvalue weighted by Gasteiger charge is -2.25. The first-order valence-electron chi connectivity index (χ1n) is 16.8. The number of allylic oxidation sites excluding steroid dienone is 2. The fraction of sp³-hybridized carbons (Fsp3) is 0.359. The van der Waals surface area contributed by atoms with Gasteiger partial charge in [0.15, 0.2) is 5.78 Å². The van der Waals surface area contributed by atoms with E-state index in [4.69, 9.17) is 9.47 Å². The SMILES string of the molecule is C=Cc1c2[nH]c(c1C)/C=C1/NC(C3=c4[nH]/c(c(C)c4C(=O)[C@@H]3C(=O)OC)=C\c3[nH]c(/c(=C\O)c3CC)=C\2)[C@@H](CCC(=O)OC/C=C\C)[C@@H]1C. The summed E-state index contributed by atoms with van der Waals surface area (Å²) < 4.78 is 10.6. The van der Waals surface area contributed by atoms with Gasteiger partial charge in [-0.1, -0.05) is 38.7 Å². The second-order valence-corrected chi connectivity index (χ2v) is 13.0. The maximum absolute atomic E-state index is 14.2. The molecule has 3 aromatic heterocycles. The number of rotatable bonds is 8. The molecule has 0 amide bonds. The van der Waals surface area contributed by atoms with E-state index in [1.807, 2.05) is 52.0 Å². The van der Waals surface area contributed by atoms with Gasteiger partial charge in [0.05, 0.1) is 30.1 Å². The molecule has 0 saturated carbocycles. The van der Waals surface area contributed by atoms with Crippen molar-refractivity contribution in [3.8, 4) is 0 Å². The van der Waals surface area contributed by atoms with Crippen LogP contribution < -0.4 is 26.6 Å². The van der Waals surface area contributed by atoms with Crippen LogP contribution in [0.5, 0.6) is 0 Å². The Morgan fingerprint density at radius 2 is 1.80 bits per heavy atom. The predicted molar refractivity (Wildman–Crippen MR) is 190 cm³/mol. The van der Waals surface area contributed by atoms with E-state index in [0.29, 0.717) is 45.5 Å². The molecule has 6 rings (SSSR count). The maximum atomic E-state index is 14.2. The van der Waals surface area contributed by atoms with Gasteiger partial charge in [0.25, 0.3) is 0 Å². The Hall–Kier alpha value is -5.25. The second kappa shape index (κ2) is 13.3. The number of aromatic amines is 3. The average molecular weight is 665 g/mol. The Morgan fingerprint density at radius 1 is 1.04 bits per heavy atom. The molecule has 10 nitrogen and oxygen atoms in total. The third-order valence-electron chi connectivity index (χ3n) is 10.5. The first kappa shape index (κ1) is 33.6. The van der Waals surface area contributed by atoms with E-state index in [-0.39, 0.29) is 36.6 Å². The normalized spacial score (nSPS) is 23.8. The largest absolute Gasteiger partial charge is 0.515 e. The zero-order valence-electron chi connectivity index (χ0n) is 28.9.